The molecule has 0 bridgehead atoms. The number of halogens is 1. The van der Waals surface area contributed by atoms with E-state index < -0.39 is 11.9 Å². The second-order valence-corrected chi connectivity index (χ2v) is 8.35. The van der Waals surface area contributed by atoms with E-state index in [1.165, 1.54) is 6.07 Å². The number of benzene rings is 1. The van der Waals surface area contributed by atoms with Crippen LogP contribution in [0.25, 0.3) is 22.3 Å². The van der Waals surface area contributed by atoms with Gasteiger partial charge in [0.15, 0.2) is 17.8 Å². The maximum absolute atomic E-state index is 14.9. The van der Waals surface area contributed by atoms with Crippen LogP contribution in [-0.4, -0.2) is 79.0 Å². The molecule has 3 aliphatic rings. The van der Waals surface area contributed by atoms with Crippen molar-refractivity contribution < 1.29 is 28.4 Å². The first-order valence-electron chi connectivity index (χ1n) is 10.9. The largest absolute Gasteiger partial charge is 0.470 e. The molecule has 3 aliphatic heterocycles. The summed E-state index contributed by atoms with van der Waals surface area (Å²) in [7, 11) is 0. The van der Waals surface area contributed by atoms with E-state index >= 15 is 0 Å². The van der Waals surface area contributed by atoms with E-state index in [0.29, 0.717) is 48.0 Å². The summed E-state index contributed by atoms with van der Waals surface area (Å²) >= 11 is 0. The van der Waals surface area contributed by atoms with Gasteiger partial charge in [0, 0.05) is 36.5 Å². The Morgan fingerprint density at radius 3 is 2.66 bits per heavy atom. The Morgan fingerprint density at radius 2 is 1.84 bits per heavy atom. The van der Waals surface area contributed by atoms with Crippen LogP contribution in [0.1, 0.15) is 0 Å². The van der Waals surface area contributed by atoms with Gasteiger partial charge in [0.25, 0.3) is 0 Å². The van der Waals surface area contributed by atoms with Crippen molar-refractivity contribution in [1.29, 1.82) is 0 Å². The Kier molecular flexibility index (Phi) is 4.98. The minimum atomic E-state index is -0.635. The molecule has 3 saturated heterocycles. The zero-order valence-electron chi connectivity index (χ0n) is 17.4. The van der Waals surface area contributed by atoms with Gasteiger partial charge in [0.2, 0.25) is 0 Å². The van der Waals surface area contributed by atoms with Crippen molar-refractivity contribution in [3.05, 3.63) is 42.2 Å². The standard InChI is InChI=1S/C23H24FN3O5/c24-15-9-16-17(10-20(25-16)32-19-12-31-22-18(28)11-30-23(19)22)26-21(15)13-1-3-14(4-2-13)27-5-7-29-8-6-27/h1-4,9-10,18-19,22-23,25,28H,5-8,11-12H2/t18-,19-,22-,23-/m1/s1. The molecule has 6 rings (SSSR count). The van der Waals surface area contributed by atoms with E-state index in [4.69, 9.17) is 18.9 Å². The average molecular weight is 441 g/mol. The molecule has 5 heterocycles. The maximum atomic E-state index is 14.9. The van der Waals surface area contributed by atoms with Gasteiger partial charge in [0.05, 0.1) is 37.5 Å². The summed E-state index contributed by atoms with van der Waals surface area (Å²) in [6.07, 6.45) is -1.67. The molecule has 4 atom stereocenters. The molecule has 2 N–H and O–H groups in total. The summed E-state index contributed by atoms with van der Waals surface area (Å²) in [4.78, 5) is 9.86. The van der Waals surface area contributed by atoms with Crippen LogP contribution in [0.5, 0.6) is 5.88 Å². The van der Waals surface area contributed by atoms with Gasteiger partial charge in [-0.25, -0.2) is 9.37 Å². The highest BCUT2D eigenvalue weighted by molar-refractivity contribution is 5.81. The molecule has 0 aliphatic carbocycles. The zero-order chi connectivity index (χ0) is 21.7. The second kappa shape index (κ2) is 8.00. The first kappa shape index (κ1) is 19.9. The van der Waals surface area contributed by atoms with Gasteiger partial charge in [-0.3, -0.25) is 0 Å². The number of morpholine rings is 1. The highest BCUT2D eigenvalue weighted by Gasteiger charge is 2.48. The van der Waals surface area contributed by atoms with Crippen molar-refractivity contribution in [2.75, 3.05) is 44.4 Å². The third kappa shape index (κ3) is 3.51. The molecule has 32 heavy (non-hydrogen) atoms. The van der Waals surface area contributed by atoms with E-state index in [-0.39, 0.29) is 24.9 Å². The van der Waals surface area contributed by atoms with E-state index in [1.54, 1.807) is 6.07 Å². The van der Waals surface area contributed by atoms with Gasteiger partial charge in [-0.15, -0.1) is 0 Å². The lowest BCUT2D eigenvalue weighted by Gasteiger charge is -2.28. The molecule has 3 aromatic rings. The molecule has 168 valence electrons. The molecule has 0 radical (unpaired) electrons. The number of hydrogen-bond acceptors (Lipinski definition) is 7. The summed E-state index contributed by atoms with van der Waals surface area (Å²) in [5.41, 5.74) is 3.26. The van der Waals surface area contributed by atoms with Gasteiger partial charge >= 0.3 is 0 Å². The fourth-order valence-electron chi connectivity index (χ4n) is 4.63. The van der Waals surface area contributed by atoms with Gasteiger partial charge in [-0.1, -0.05) is 12.1 Å². The quantitative estimate of drug-likeness (QED) is 0.641. The number of fused-ring (bicyclic) bond motifs is 2. The number of aliphatic hydroxyl groups excluding tert-OH is 1. The molecule has 0 unspecified atom stereocenters. The third-order valence-corrected chi connectivity index (χ3v) is 6.31. The summed E-state index contributed by atoms with van der Waals surface area (Å²) < 4.78 is 37.5. The number of aliphatic hydroxyl groups is 1. The molecular weight excluding hydrogens is 417 g/mol. The average Bonchev–Trinajstić information content (AvgIpc) is 3.51. The maximum Gasteiger partial charge on any atom is 0.193 e. The minimum absolute atomic E-state index is 0.238. The Bertz CT molecular complexity index is 1110. The normalized spacial score (nSPS) is 27.8. The van der Waals surface area contributed by atoms with Crippen LogP contribution in [0.3, 0.4) is 0 Å². The number of anilines is 1. The first-order valence-corrected chi connectivity index (χ1v) is 10.9. The minimum Gasteiger partial charge on any atom is -0.470 e. The van der Waals surface area contributed by atoms with Crippen LogP contribution in [0.2, 0.25) is 0 Å². The molecule has 8 nitrogen and oxygen atoms in total. The fourth-order valence-corrected chi connectivity index (χ4v) is 4.63. The predicted octanol–water partition coefficient (Wildman–Crippen LogP) is 2.11. The van der Waals surface area contributed by atoms with Crippen molar-refractivity contribution in [3.8, 4) is 17.1 Å². The van der Waals surface area contributed by atoms with Crippen molar-refractivity contribution in [3.63, 3.8) is 0 Å². The van der Waals surface area contributed by atoms with Gasteiger partial charge in [0.1, 0.15) is 24.0 Å². The number of ether oxygens (including phenoxy) is 4. The molecule has 9 heteroatoms. The number of pyridine rings is 1. The lowest BCUT2D eigenvalue weighted by atomic mass is 10.1. The molecule has 0 spiro atoms. The molecule has 0 saturated carbocycles. The highest BCUT2D eigenvalue weighted by atomic mass is 19.1. The van der Waals surface area contributed by atoms with Gasteiger partial charge < -0.3 is 33.9 Å². The monoisotopic (exact) mass is 441 g/mol. The predicted molar refractivity (Wildman–Crippen MR) is 114 cm³/mol. The van der Waals surface area contributed by atoms with Crippen LogP contribution in [0, 0.1) is 5.82 Å². The molecule has 3 fully saturated rings. The van der Waals surface area contributed by atoms with Crippen LogP contribution in [0.15, 0.2) is 36.4 Å². The first-order chi connectivity index (χ1) is 15.7. The lowest BCUT2D eigenvalue weighted by molar-refractivity contribution is 0.00794. The van der Waals surface area contributed by atoms with Crippen LogP contribution >= 0.6 is 0 Å². The SMILES string of the molecule is O[C@@H]1CO[C@H]2[C@@H]1OC[C@H]2Oc1cc2nc(-c3ccc(N4CCOCC4)cc3)c(F)cc2[nH]1. The number of aromatic nitrogens is 2. The second-order valence-electron chi connectivity index (χ2n) is 8.35. The van der Waals surface area contributed by atoms with E-state index in [2.05, 4.69) is 14.9 Å². The van der Waals surface area contributed by atoms with E-state index in [0.717, 1.165) is 18.8 Å². The topological polar surface area (TPSA) is 89.1 Å². The number of aromatic amines is 1. The van der Waals surface area contributed by atoms with Crippen LogP contribution in [0.4, 0.5) is 10.1 Å². The van der Waals surface area contributed by atoms with E-state index in [9.17, 15) is 9.50 Å². The summed E-state index contributed by atoms with van der Waals surface area (Å²) in [5.74, 6) is 0.0579. The Labute approximate surface area is 183 Å². The lowest BCUT2D eigenvalue weighted by Crippen LogP contribution is -2.36. The molecule has 0 amide bonds. The van der Waals surface area contributed by atoms with Crippen molar-refractivity contribution in [2.24, 2.45) is 0 Å². The smallest absolute Gasteiger partial charge is 0.193 e. The molecule has 2 aromatic heterocycles. The zero-order valence-corrected chi connectivity index (χ0v) is 17.4. The van der Waals surface area contributed by atoms with Crippen molar-refractivity contribution in [2.45, 2.75) is 24.4 Å². The van der Waals surface area contributed by atoms with Gasteiger partial charge in [-0.05, 0) is 12.1 Å². The summed E-state index contributed by atoms with van der Waals surface area (Å²) in [6, 6.07) is 11.0. The molecule has 1 aromatic carbocycles. The Hall–Kier alpha value is -2.72. The van der Waals surface area contributed by atoms with E-state index in [1.807, 2.05) is 24.3 Å². The van der Waals surface area contributed by atoms with Gasteiger partial charge in [-0.2, -0.15) is 0 Å². The number of nitrogens with one attached hydrogen (secondary N) is 1. The fraction of sp³-hybridized carbons (Fsp3) is 0.435. The summed E-state index contributed by atoms with van der Waals surface area (Å²) in [6.45, 7) is 3.69. The van der Waals surface area contributed by atoms with Crippen molar-refractivity contribution >= 4 is 16.7 Å². The number of hydrogen-bond donors (Lipinski definition) is 2. The van der Waals surface area contributed by atoms with Crippen molar-refractivity contribution in [1.82, 2.24) is 9.97 Å². The molecular formula is C23H24FN3O5. The Balaban J connectivity index is 1.23. The van der Waals surface area contributed by atoms with Crippen LogP contribution in [-0.2, 0) is 14.2 Å². The van der Waals surface area contributed by atoms with Crippen LogP contribution < -0.4 is 9.64 Å². The number of H-pyrrole nitrogens is 1. The number of rotatable bonds is 4. The highest BCUT2D eigenvalue weighted by Crippen LogP contribution is 2.32. The third-order valence-electron chi connectivity index (χ3n) is 6.31. The summed E-state index contributed by atoms with van der Waals surface area (Å²) in [5, 5.41) is 9.88. The number of nitrogens with zero attached hydrogens (tertiary/aromatic N) is 2. The Morgan fingerprint density at radius 1 is 1.06 bits per heavy atom.